The average molecular weight is 415 g/mol. The second kappa shape index (κ2) is 11.4. The van der Waals surface area contributed by atoms with Crippen molar-refractivity contribution < 1.29 is 38.8 Å². The molecule has 0 saturated carbocycles. The first kappa shape index (κ1) is 25.2. The van der Waals surface area contributed by atoms with Crippen LogP contribution in [0.3, 0.4) is 0 Å². The third-order valence-corrected chi connectivity index (χ3v) is 5.23. The molecule has 166 valence electrons. The maximum absolute atomic E-state index is 11.6. The van der Waals surface area contributed by atoms with E-state index in [1.54, 1.807) is 0 Å². The Morgan fingerprint density at radius 2 is 1.86 bits per heavy atom. The predicted molar refractivity (Wildman–Crippen MR) is 104 cm³/mol. The highest BCUT2D eigenvalue weighted by Gasteiger charge is 2.53. The Morgan fingerprint density at radius 1 is 1.28 bits per heavy atom. The Bertz CT molecular complexity index is 585. The second-order valence-corrected chi connectivity index (χ2v) is 7.70. The number of hydrogen-bond acceptors (Lipinski definition) is 7. The second-order valence-electron chi connectivity index (χ2n) is 7.70. The van der Waals surface area contributed by atoms with Crippen LogP contribution >= 0.6 is 0 Å². The molecule has 0 spiro atoms. The third kappa shape index (κ3) is 6.88. The van der Waals surface area contributed by atoms with Crippen LogP contribution in [0.5, 0.6) is 0 Å². The van der Waals surface area contributed by atoms with Crippen LogP contribution in [-0.4, -0.2) is 78.3 Å². The summed E-state index contributed by atoms with van der Waals surface area (Å²) in [6, 6.07) is 0. The molecule has 2 aliphatic heterocycles. The number of aliphatic carboxylic acids is 1. The fraction of sp³-hybridized carbons (Fsp3) is 0.750. The zero-order chi connectivity index (χ0) is 22.2. The molecule has 0 aliphatic carbocycles. The Morgan fingerprint density at radius 3 is 2.34 bits per heavy atom. The molecule has 0 aromatic heterocycles. The quantitative estimate of drug-likeness (QED) is 0.381. The van der Waals surface area contributed by atoms with Crippen LogP contribution in [0.2, 0.25) is 0 Å². The van der Waals surface area contributed by atoms with Crippen LogP contribution in [0.1, 0.15) is 40.0 Å². The number of hydrogen-bond donors (Lipinski definition) is 2. The molecular formula is C20H33NO8. The van der Waals surface area contributed by atoms with Gasteiger partial charge in [-0.15, -0.1) is 0 Å². The third-order valence-electron chi connectivity index (χ3n) is 5.23. The highest BCUT2D eigenvalue weighted by Crippen LogP contribution is 2.45. The van der Waals surface area contributed by atoms with Crippen LogP contribution < -0.4 is 0 Å². The number of nitrogens with zero attached hydrogens (tertiary/aromatic N) is 1. The Labute approximate surface area is 171 Å². The first-order chi connectivity index (χ1) is 13.7. The van der Waals surface area contributed by atoms with Crippen molar-refractivity contribution in [1.82, 2.24) is 4.90 Å². The molecule has 9 nitrogen and oxygen atoms in total. The Balaban J connectivity index is 0.00000204. The molecule has 1 fully saturated rings. The summed E-state index contributed by atoms with van der Waals surface area (Å²) in [4.78, 5) is 35.0. The van der Waals surface area contributed by atoms with E-state index in [9.17, 15) is 14.4 Å². The number of ether oxygens (including phenoxy) is 3. The summed E-state index contributed by atoms with van der Waals surface area (Å²) in [6.45, 7) is 6.34. The molecule has 0 radical (unpaired) electrons. The SMILES string of the molecule is CO.COC(OCCN1C(=O)C=CC1=O)C1OC(C)(C)C1CC(C)CCC(=O)O. The maximum atomic E-state index is 11.6. The van der Waals surface area contributed by atoms with Crippen LogP contribution in [0.4, 0.5) is 0 Å². The number of rotatable bonds is 11. The summed E-state index contributed by atoms with van der Waals surface area (Å²) < 4.78 is 17.1. The summed E-state index contributed by atoms with van der Waals surface area (Å²) in [6.07, 6.45) is 3.15. The Kier molecular flexibility index (Phi) is 9.91. The van der Waals surface area contributed by atoms with E-state index in [1.165, 1.54) is 19.3 Å². The molecule has 2 amide bonds. The molecule has 4 atom stereocenters. The van der Waals surface area contributed by atoms with Crippen molar-refractivity contribution in [3.8, 4) is 0 Å². The number of imide groups is 1. The molecule has 29 heavy (non-hydrogen) atoms. The van der Waals surface area contributed by atoms with Gasteiger partial charge in [-0.2, -0.15) is 0 Å². The fourth-order valence-electron chi connectivity index (χ4n) is 3.64. The predicted octanol–water partition coefficient (Wildman–Crippen LogP) is 1.19. The molecule has 9 heteroatoms. The summed E-state index contributed by atoms with van der Waals surface area (Å²) in [5, 5.41) is 15.9. The minimum Gasteiger partial charge on any atom is -0.481 e. The van der Waals surface area contributed by atoms with E-state index < -0.39 is 12.3 Å². The van der Waals surface area contributed by atoms with Crippen LogP contribution in [0, 0.1) is 11.8 Å². The van der Waals surface area contributed by atoms with E-state index in [0.717, 1.165) is 18.4 Å². The lowest BCUT2D eigenvalue weighted by Crippen LogP contribution is -2.62. The molecule has 0 aromatic rings. The van der Waals surface area contributed by atoms with Gasteiger partial charge < -0.3 is 24.4 Å². The van der Waals surface area contributed by atoms with E-state index in [2.05, 4.69) is 0 Å². The molecule has 2 heterocycles. The largest absolute Gasteiger partial charge is 0.481 e. The number of amides is 2. The van der Waals surface area contributed by atoms with Gasteiger partial charge in [0.1, 0.15) is 6.10 Å². The monoisotopic (exact) mass is 415 g/mol. The van der Waals surface area contributed by atoms with Gasteiger partial charge in [0.2, 0.25) is 0 Å². The van der Waals surface area contributed by atoms with Crippen LogP contribution in [0.25, 0.3) is 0 Å². The summed E-state index contributed by atoms with van der Waals surface area (Å²) >= 11 is 0. The summed E-state index contributed by atoms with van der Waals surface area (Å²) in [5.41, 5.74) is -0.340. The average Bonchev–Trinajstić information content (AvgIpc) is 3.00. The minimum absolute atomic E-state index is 0.149. The van der Waals surface area contributed by atoms with Crippen molar-refractivity contribution >= 4 is 17.8 Å². The van der Waals surface area contributed by atoms with Crippen molar-refractivity contribution in [3.63, 3.8) is 0 Å². The van der Waals surface area contributed by atoms with Gasteiger partial charge in [-0.3, -0.25) is 19.3 Å². The molecular weight excluding hydrogens is 382 g/mol. The minimum atomic E-state index is -0.791. The van der Waals surface area contributed by atoms with E-state index in [0.29, 0.717) is 6.42 Å². The van der Waals surface area contributed by atoms with Crippen molar-refractivity contribution in [2.45, 2.75) is 58.0 Å². The molecule has 2 rings (SSSR count). The number of carboxylic acids is 1. The normalized spacial score (nSPS) is 24.6. The van der Waals surface area contributed by atoms with Gasteiger partial charge in [-0.1, -0.05) is 6.92 Å². The number of carbonyl (C=O) groups excluding carboxylic acids is 2. The molecule has 0 bridgehead atoms. The highest BCUT2D eigenvalue weighted by molar-refractivity contribution is 6.12. The number of carboxylic acid groups (broad SMARTS) is 1. The fourth-order valence-corrected chi connectivity index (χ4v) is 3.64. The summed E-state index contributed by atoms with van der Waals surface area (Å²) in [5.74, 6) is -1.09. The van der Waals surface area contributed by atoms with Gasteiger partial charge in [0.25, 0.3) is 11.8 Å². The lowest BCUT2D eigenvalue weighted by atomic mass is 9.73. The van der Waals surface area contributed by atoms with Crippen molar-refractivity contribution in [3.05, 3.63) is 12.2 Å². The lowest BCUT2D eigenvalue weighted by Gasteiger charge is -2.54. The van der Waals surface area contributed by atoms with Gasteiger partial charge >= 0.3 is 5.97 Å². The molecule has 1 saturated heterocycles. The highest BCUT2D eigenvalue weighted by atomic mass is 16.7. The first-order valence-electron chi connectivity index (χ1n) is 9.68. The summed E-state index contributed by atoms with van der Waals surface area (Å²) in [7, 11) is 2.53. The zero-order valence-electron chi connectivity index (χ0n) is 17.8. The number of aliphatic hydroxyl groups excluding tert-OH is 1. The molecule has 4 unspecified atom stereocenters. The van der Waals surface area contributed by atoms with Crippen molar-refractivity contribution in [2.24, 2.45) is 11.8 Å². The van der Waals surface area contributed by atoms with E-state index in [-0.39, 0.29) is 54.9 Å². The van der Waals surface area contributed by atoms with Crippen LogP contribution in [-0.2, 0) is 28.6 Å². The maximum Gasteiger partial charge on any atom is 0.303 e. The number of aliphatic hydroxyl groups is 1. The first-order valence-corrected chi connectivity index (χ1v) is 9.68. The Hall–Kier alpha value is -1.81. The van der Waals surface area contributed by atoms with Crippen molar-refractivity contribution in [2.75, 3.05) is 27.4 Å². The topological polar surface area (TPSA) is 123 Å². The van der Waals surface area contributed by atoms with Gasteiger partial charge in [0, 0.05) is 38.7 Å². The van der Waals surface area contributed by atoms with Gasteiger partial charge in [-0.05, 0) is 32.6 Å². The number of methoxy groups -OCH3 is 1. The van der Waals surface area contributed by atoms with Crippen LogP contribution in [0.15, 0.2) is 12.2 Å². The van der Waals surface area contributed by atoms with Gasteiger partial charge in [0.15, 0.2) is 6.29 Å². The van der Waals surface area contributed by atoms with Crippen molar-refractivity contribution in [1.29, 1.82) is 0 Å². The number of carbonyl (C=O) groups is 3. The van der Waals surface area contributed by atoms with Gasteiger partial charge in [-0.25, -0.2) is 0 Å². The molecule has 2 N–H and O–H groups in total. The molecule has 2 aliphatic rings. The van der Waals surface area contributed by atoms with E-state index >= 15 is 0 Å². The smallest absolute Gasteiger partial charge is 0.303 e. The molecule has 0 aromatic carbocycles. The van der Waals surface area contributed by atoms with E-state index in [1.807, 2.05) is 20.8 Å². The van der Waals surface area contributed by atoms with E-state index in [4.69, 9.17) is 24.4 Å². The standard InChI is InChI=1S/C19H29NO7.CH4O/c1-12(5-8-16(23)24)11-13-17(27-19(13,2)3)18(25-4)26-10-9-20-14(21)6-7-15(20)22;1-2/h6-7,12-13,17-18H,5,8-11H2,1-4H3,(H,23,24);2H,1H3. The zero-order valence-corrected chi connectivity index (χ0v) is 17.8. The lowest BCUT2D eigenvalue weighted by molar-refractivity contribution is -0.325. The van der Waals surface area contributed by atoms with Gasteiger partial charge in [0.05, 0.1) is 18.8 Å².